The van der Waals surface area contributed by atoms with Gasteiger partial charge in [-0.15, -0.1) is 0 Å². The van der Waals surface area contributed by atoms with Gasteiger partial charge in [-0.05, 0) is 37.3 Å². The molecule has 0 aromatic carbocycles. The summed E-state index contributed by atoms with van der Waals surface area (Å²) in [5, 5.41) is 9.27. The first-order valence-electron chi connectivity index (χ1n) is 10.9. The van der Waals surface area contributed by atoms with Crippen molar-refractivity contribution in [3.05, 3.63) is 23.9 Å². The molecule has 4 fully saturated rings. The smallest absolute Gasteiger partial charge is 0.245 e. The molecule has 0 aliphatic carbocycles. The molecular formula is C22H27N5O2S. The molecule has 4 aliphatic heterocycles. The van der Waals surface area contributed by atoms with Gasteiger partial charge >= 0.3 is 0 Å². The Bertz CT molecular complexity index is 881. The van der Waals surface area contributed by atoms with E-state index in [1.54, 1.807) is 12.3 Å². The molecule has 7 nitrogen and oxygen atoms in total. The number of pyridine rings is 1. The Labute approximate surface area is 181 Å². The van der Waals surface area contributed by atoms with E-state index in [1.165, 1.54) is 0 Å². The molecule has 0 unspecified atom stereocenters. The Morgan fingerprint density at radius 1 is 1.23 bits per heavy atom. The first kappa shape index (κ1) is 19.7. The number of fused-ring (bicyclic) bond motifs is 4. The van der Waals surface area contributed by atoms with E-state index in [-0.39, 0.29) is 29.8 Å². The van der Waals surface area contributed by atoms with E-state index >= 15 is 0 Å². The Hall–Kier alpha value is -2.27. The van der Waals surface area contributed by atoms with E-state index in [4.69, 9.17) is 0 Å². The molecule has 0 saturated carbocycles. The molecule has 0 radical (unpaired) electrons. The van der Waals surface area contributed by atoms with E-state index in [0.29, 0.717) is 24.4 Å². The van der Waals surface area contributed by atoms with Crippen molar-refractivity contribution in [2.45, 2.75) is 37.8 Å². The summed E-state index contributed by atoms with van der Waals surface area (Å²) in [5.41, 5.74) is 0.601. The Balaban J connectivity index is 1.47. The van der Waals surface area contributed by atoms with Crippen LogP contribution in [0.4, 0.5) is 5.82 Å². The summed E-state index contributed by atoms with van der Waals surface area (Å²) in [4.78, 5) is 37.3. The number of carbonyl (C=O) groups excluding carboxylic acids is 2. The predicted molar refractivity (Wildman–Crippen MR) is 115 cm³/mol. The first-order chi connectivity index (χ1) is 14.7. The lowest BCUT2D eigenvalue weighted by molar-refractivity contribution is -0.161. The molecule has 0 spiro atoms. The minimum atomic E-state index is -0.357. The molecule has 30 heavy (non-hydrogen) atoms. The number of thioether (sulfide) groups is 1. The lowest BCUT2D eigenvalue weighted by Crippen LogP contribution is -2.69. The van der Waals surface area contributed by atoms with Gasteiger partial charge in [0.25, 0.3) is 0 Å². The number of nitriles is 1. The Morgan fingerprint density at radius 3 is 2.83 bits per heavy atom. The van der Waals surface area contributed by atoms with Gasteiger partial charge in [0, 0.05) is 62.3 Å². The van der Waals surface area contributed by atoms with Crippen molar-refractivity contribution in [1.29, 1.82) is 5.26 Å². The first-order valence-corrected chi connectivity index (χ1v) is 12.1. The molecule has 0 N–H and O–H groups in total. The molecule has 2 amide bonds. The van der Waals surface area contributed by atoms with E-state index in [1.807, 2.05) is 27.6 Å². The monoisotopic (exact) mass is 425 g/mol. The molecule has 158 valence electrons. The van der Waals surface area contributed by atoms with Crippen molar-refractivity contribution in [1.82, 2.24) is 14.8 Å². The van der Waals surface area contributed by atoms with Crippen LogP contribution in [-0.4, -0.2) is 76.4 Å². The Morgan fingerprint density at radius 2 is 2.03 bits per heavy atom. The SMILES string of the molecule is N#Cc1ccnc(N2C[C@@H]3C[C@H](C2)[C@H](C(=O)N2CCSCC2)N2C(=O)CCC[C@@H]32)c1. The highest BCUT2D eigenvalue weighted by molar-refractivity contribution is 7.99. The average molecular weight is 426 g/mol. The van der Waals surface area contributed by atoms with E-state index in [2.05, 4.69) is 16.0 Å². The summed E-state index contributed by atoms with van der Waals surface area (Å²) in [6.07, 6.45) is 5.11. The van der Waals surface area contributed by atoms with Gasteiger partial charge in [-0.25, -0.2) is 4.98 Å². The number of aromatic nitrogens is 1. The quantitative estimate of drug-likeness (QED) is 0.718. The fraction of sp³-hybridized carbons (Fsp3) is 0.636. The van der Waals surface area contributed by atoms with Gasteiger partial charge in [-0.3, -0.25) is 9.59 Å². The van der Waals surface area contributed by atoms with Crippen LogP contribution in [0, 0.1) is 23.2 Å². The summed E-state index contributed by atoms with van der Waals surface area (Å²) in [7, 11) is 0. The second-order valence-electron chi connectivity index (χ2n) is 8.82. The normalized spacial score (nSPS) is 31.2. The molecule has 2 bridgehead atoms. The van der Waals surface area contributed by atoms with Gasteiger partial charge < -0.3 is 14.7 Å². The van der Waals surface area contributed by atoms with Crippen molar-refractivity contribution in [3.63, 3.8) is 0 Å². The molecule has 5 rings (SSSR count). The lowest BCUT2D eigenvalue weighted by Gasteiger charge is -2.56. The molecular weight excluding hydrogens is 398 g/mol. The standard InChI is InChI=1S/C22H27N5O2S/c23-12-15-4-5-24-19(10-15)26-13-16-11-17(14-26)21(22(29)25-6-8-30-9-7-25)27-18(16)2-1-3-20(27)28/h4-5,10,16-18,21H,1-3,6-9,11,13-14H2/t16-,17+,18-,21+/m0/s1. The second kappa shape index (κ2) is 8.10. The summed E-state index contributed by atoms with van der Waals surface area (Å²) < 4.78 is 0. The van der Waals surface area contributed by atoms with Crippen LogP contribution in [-0.2, 0) is 9.59 Å². The summed E-state index contributed by atoms with van der Waals surface area (Å²) in [6.45, 7) is 3.08. The third-order valence-electron chi connectivity index (χ3n) is 7.12. The highest BCUT2D eigenvalue weighted by Crippen LogP contribution is 2.43. The zero-order chi connectivity index (χ0) is 20.7. The minimum Gasteiger partial charge on any atom is -0.356 e. The highest BCUT2D eigenvalue weighted by Gasteiger charge is 2.52. The van der Waals surface area contributed by atoms with E-state index < -0.39 is 0 Å². The Kier molecular flexibility index (Phi) is 5.32. The summed E-state index contributed by atoms with van der Waals surface area (Å²) in [5.74, 6) is 3.50. The number of rotatable bonds is 2. The summed E-state index contributed by atoms with van der Waals surface area (Å²) in [6, 6.07) is 5.53. The highest BCUT2D eigenvalue weighted by atomic mass is 32.2. The molecule has 1 aromatic rings. The van der Waals surface area contributed by atoms with Gasteiger partial charge in [0.2, 0.25) is 11.8 Å². The third kappa shape index (κ3) is 3.43. The number of hydrogen-bond donors (Lipinski definition) is 0. The minimum absolute atomic E-state index is 0.108. The van der Waals surface area contributed by atoms with Crippen LogP contribution >= 0.6 is 11.8 Å². The van der Waals surface area contributed by atoms with Crippen LogP contribution in [0.5, 0.6) is 0 Å². The molecule has 5 heterocycles. The van der Waals surface area contributed by atoms with E-state index in [9.17, 15) is 14.9 Å². The van der Waals surface area contributed by atoms with Crippen LogP contribution in [0.2, 0.25) is 0 Å². The van der Waals surface area contributed by atoms with Crippen LogP contribution in [0.1, 0.15) is 31.2 Å². The second-order valence-corrected chi connectivity index (χ2v) is 10.0. The van der Waals surface area contributed by atoms with Gasteiger partial charge in [0.05, 0.1) is 11.6 Å². The van der Waals surface area contributed by atoms with Gasteiger partial charge in [0.15, 0.2) is 0 Å². The molecule has 4 aliphatic rings. The van der Waals surface area contributed by atoms with Crippen molar-refractivity contribution in [2.75, 3.05) is 42.6 Å². The molecule has 1 aromatic heterocycles. The number of carbonyl (C=O) groups is 2. The number of nitrogens with zero attached hydrogens (tertiary/aromatic N) is 5. The number of anilines is 1. The maximum absolute atomic E-state index is 13.6. The van der Waals surface area contributed by atoms with E-state index in [0.717, 1.165) is 56.2 Å². The predicted octanol–water partition coefficient (Wildman–Crippen LogP) is 1.73. The zero-order valence-corrected chi connectivity index (χ0v) is 17.9. The van der Waals surface area contributed by atoms with Crippen LogP contribution in [0.25, 0.3) is 0 Å². The zero-order valence-electron chi connectivity index (χ0n) is 17.1. The topological polar surface area (TPSA) is 80.5 Å². The molecule has 8 heteroatoms. The molecule has 4 atom stereocenters. The molecule has 4 saturated heterocycles. The van der Waals surface area contributed by atoms with Gasteiger partial charge in [-0.2, -0.15) is 17.0 Å². The van der Waals surface area contributed by atoms with Gasteiger partial charge in [0.1, 0.15) is 11.9 Å². The number of hydrogen-bond acceptors (Lipinski definition) is 6. The van der Waals surface area contributed by atoms with Crippen LogP contribution < -0.4 is 4.90 Å². The van der Waals surface area contributed by atoms with Crippen molar-refractivity contribution < 1.29 is 9.59 Å². The van der Waals surface area contributed by atoms with Crippen LogP contribution in [0.3, 0.4) is 0 Å². The largest absolute Gasteiger partial charge is 0.356 e. The fourth-order valence-corrected chi connectivity index (χ4v) is 6.70. The van der Waals surface area contributed by atoms with Crippen LogP contribution in [0.15, 0.2) is 18.3 Å². The fourth-order valence-electron chi connectivity index (χ4n) is 5.79. The third-order valence-corrected chi connectivity index (χ3v) is 8.06. The lowest BCUT2D eigenvalue weighted by atomic mass is 9.71. The van der Waals surface area contributed by atoms with Crippen molar-refractivity contribution >= 4 is 29.4 Å². The van der Waals surface area contributed by atoms with Gasteiger partial charge in [-0.1, -0.05) is 0 Å². The maximum atomic E-state index is 13.6. The number of amides is 2. The summed E-state index contributed by atoms with van der Waals surface area (Å²) >= 11 is 1.89. The van der Waals surface area contributed by atoms with Crippen molar-refractivity contribution in [2.24, 2.45) is 11.8 Å². The average Bonchev–Trinajstić information content (AvgIpc) is 2.80. The number of piperidine rings is 3. The maximum Gasteiger partial charge on any atom is 0.245 e. The van der Waals surface area contributed by atoms with Crippen molar-refractivity contribution in [3.8, 4) is 6.07 Å².